The fraction of sp³-hybridized carbons (Fsp3) is 0. The molecule has 8 aromatic carbocycles. The van der Waals surface area contributed by atoms with E-state index in [1.54, 1.807) is 0 Å². The molecule has 0 radical (unpaired) electrons. The molecule has 11 rings (SSSR count). The number of aromatic nitrogens is 5. The highest BCUT2D eigenvalue weighted by Gasteiger charge is 2.23. The second kappa shape index (κ2) is 14.0. The van der Waals surface area contributed by atoms with Crippen LogP contribution < -0.4 is 0 Å². The highest BCUT2D eigenvalue weighted by molar-refractivity contribution is 6.17. The van der Waals surface area contributed by atoms with Crippen molar-refractivity contribution in [2.24, 2.45) is 0 Å². The number of nitrogens with zero attached hydrogens (tertiary/aromatic N) is 5. The van der Waals surface area contributed by atoms with Crippen molar-refractivity contribution in [3.8, 4) is 73.5 Å². The van der Waals surface area contributed by atoms with Crippen molar-refractivity contribution in [2.45, 2.75) is 0 Å². The quantitative estimate of drug-likeness (QED) is 0.163. The molecule has 6 nitrogen and oxygen atoms in total. The van der Waals surface area contributed by atoms with Crippen molar-refractivity contribution in [3.05, 3.63) is 200 Å². The summed E-state index contributed by atoms with van der Waals surface area (Å²) in [6, 6.07) is 68.5. The van der Waals surface area contributed by atoms with Crippen molar-refractivity contribution in [3.63, 3.8) is 0 Å². The first-order valence-corrected chi connectivity index (χ1v) is 19.3. The number of imidazole rings is 1. The van der Waals surface area contributed by atoms with E-state index < -0.39 is 0 Å². The van der Waals surface area contributed by atoms with E-state index in [1.807, 2.05) is 48.5 Å². The lowest BCUT2D eigenvalue weighted by Gasteiger charge is -2.12. The van der Waals surface area contributed by atoms with E-state index in [0.717, 1.165) is 89.0 Å². The van der Waals surface area contributed by atoms with Gasteiger partial charge in [0, 0.05) is 38.7 Å². The van der Waals surface area contributed by atoms with Crippen LogP contribution in [0.4, 0.5) is 0 Å². The van der Waals surface area contributed by atoms with Gasteiger partial charge in [-0.25, -0.2) is 19.9 Å². The van der Waals surface area contributed by atoms with E-state index >= 15 is 0 Å². The Kier molecular flexibility index (Phi) is 8.04. The van der Waals surface area contributed by atoms with Gasteiger partial charge in [0.05, 0.1) is 11.0 Å². The summed E-state index contributed by atoms with van der Waals surface area (Å²) in [4.78, 5) is 20.9. The monoisotopic (exact) mass is 743 g/mol. The minimum absolute atomic E-state index is 0.553. The Morgan fingerprint density at radius 1 is 0.345 bits per heavy atom. The second-order valence-corrected chi connectivity index (χ2v) is 14.3. The van der Waals surface area contributed by atoms with Crippen LogP contribution in [0.2, 0.25) is 0 Å². The van der Waals surface area contributed by atoms with E-state index in [2.05, 4.69) is 156 Å². The minimum atomic E-state index is 0.553. The molecule has 58 heavy (non-hydrogen) atoms. The average molecular weight is 744 g/mol. The molecule has 0 unspecified atom stereocenters. The first kappa shape index (κ1) is 33.4. The molecule has 0 fully saturated rings. The molecule has 3 aromatic heterocycles. The number of rotatable bonds is 7. The third-order valence-corrected chi connectivity index (χ3v) is 10.7. The Hall–Kier alpha value is -7.96. The SMILES string of the molecule is c1ccc(-c2ccc(-c3nc(-c4cccc(-c5ccccc5)c4)nc(-c4cccc5oc6cccc(-c7nc8ccccc8n7-c7ccccc7)c6c45)n3)cc2)cc1. The number of fused-ring (bicyclic) bond motifs is 4. The van der Waals surface area contributed by atoms with E-state index in [9.17, 15) is 0 Å². The van der Waals surface area contributed by atoms with Crippen LogP contribution >= 0.6 is 0 Å². The maximum absolute atomic E-state index is 6.64. The van der Waals surface area contributed by atoms with Crippen LogP contribution in [0.1, 0.15) is 0 Å². The summed E-state index contributed by atoms with van der Waals surface area (Å²) in [5, 5.41) is 1.86. The maximum Gasteiger partial charge on any atom is 0.164 e. The van der Waals surface area contributed by atoms with Gasteiger partial charge in [0.15, 0.2) is 17.5 Å². The van der Waals surface area contributed by atoms with Gasteiger partial charge >= 0.3 is 0 Å². The summed E-state index contributed by atoms with van der Waals surface area (Å²) in [6.07, 6.45) is 0. The van der Waals surface area contributed by atoms with E-state index in [1.165, 1.54) is 0 Å². The summed E-state index contributed by atoms with van der Waals surface area (Å²) >= 11 is 0. The molecule has 0 bridgehead atoms. The van der Waals surface area contributed by atoms with Crippen LogP contribution in [-0.2, 0) is 0 Å². The number of hydrogen-bond acceptors (Lipinski definition) is 5. The summed E-state index contributed by atoms with van der Waals surface area (Å²) < 4.78 is 8.86. The van der Waals surface area contributed by atoms with Crippen LogP contribution in [0.15, 0.2) is 205 Å². The summed E-state index contributed by atoms with van der Waals surface area (Å²) in [5.74, 6) is 2.54. The fourth-order valence-electron chi connectivity index (χ4n) is 7.95. The summed E-state index contributed by atoms with van der Waals surface area (Å²) in [6.45, 7) is 0. The van der Waals surface area contributed by atoms with Crippen LogP contribution in [0.5, 0.6) is 0 Å². The number of furan rings is 1. The Balaban J connectivity index is 1.14. The molecule has 0 aliphatic rings. The lowest BCUT2D eigenvalue weighted by molar-refractivity contribution is 0.669. The molecule has 0 amide bonds. The lowest BCUT2D eigenvalue weighted by atomic mass is 10.0. The van der Waals surface area contributed by atoms with Crippen LogP contribution in [-0.4, -0.2) is 24.5 Å². The fourth-order valence-corrected chi connectivity index (χ4v) is 7.95. The highest BCUT2D eigenvalue weighted by Crippen LogP contribution is 2.42. The first-order chi connectivity index (χ1) is 28.7. The molecular formula is C52H33N5O. The van der Waals surface area contributed by atoms with Gasteiger partial charge in [-0.2, -0.15) is 0 Å². The zero-order valence-electron chi connectivity index (χ0n) is 31.2. The van der Waals surface area contributed by atoms with Gasteiger partial charge in [0.2, 0.25) is 0 Å². The molecule has 0 aliphatic heterocycles. The Bertz CT molecular complexity index is 3260. The van der Waals surface area contributed by atoms with Gasteiger partial charge in [-0.1, -0.05) is 158 Å². The van der Waals surface area contributed by atoms with Gasteiger partial charge in [-0.05, 0) is 64.7 Å². The molecular weight excluding hydrogens is 711 g/mol. The molecule has 11 aromatic rings. The predicted molar refractivity (Wildman–Crippen MR) is 234 cm³/mol. The van der Waals surface area contributed by atoms with E-state index in [-0.39, 0.29) is 0 Å². The summed E-state index contributed by atoms with van der Waals surface area (Å²) in [5.41, 5.74) is 12.5. The number of benzene rings is 8. The van der Waals surface area contributed by atoms with Gasteiger partial charge in [-0.15, -0.1) is 0 Å². The third kappa shape index (κ3) is 5.83. The molecule has 272 valence electrons. The molecule has 6 heteroatoms. The molecule has 0 saturated carbocycles. The van der Waals surface area contributed by atoms with Gasteiger partial charge in [0.1, 0.15) is 17.0 Å². The molecule has 0 saturated heterocycles. The molecule has 3 heterocycles. The van der Waals surface area contributed by atoms with Crippen molar-refractivity contribution in [1.29, 1.82) is 0 Å². The van der Waals surface area contributed by atoms with Gasteiger partial charge in [0.25, 0.3) is 0 Å². The van der Waals surface area contributed by atoms with Crippen molar-refractivity contribution < 1.29 is 4.42 Å². The first-order valence-electron chi connectivity index (χ1n) is 19.3. The topological polar surface area (TPSA) is 69.6 Å². The smallest absolute Gasteiger partial charge is 0.164 e. The van der Waals surface area contributed by atoms with Gasteiger partial charge in [-0.3, -0.25) is 4.57 Å². The zero-order chi connectivity index (χ0) is 38.4. The Labute approximate surface area is 334 Å². The largest absolute Gasteiger partial charge is 0.456 e. The Morgan fingerprint density at radius 2 is 0.845 bits per heavy atom. The van der Waals surface area contributed by atoms with Crippen LogP contribution in [0.3, 0.4) is 0 Å². The molecule has 0 spiro atoms. The van der Waals surface area contributed by atoms with E-state index in [0.29, 0.717) is 17.5 Å². The highest BCUT2D eigenvalue weighted by atomic mass is 16.3. The molecule has 0 atom stereocenters. The van der Waals surface area contributed by atoms with Crippen LogP contribution in [0, 0.1) is 0 Å². The third-order valence-electron chi connectivity index (χ3n) is 10.7. The Morgan fingerprint density at radius 3 is 1.57 bits per heavy atom. The van der Waals surface area contributed by atoms with Crippen LogP contribution in [0.25, 0.3) is 106 Å². The lowest BCUT2D eigenvalue weighted by Crippen LogP contribution is -2.01. The van der Waals surface area contributed by atoms with Gasteiger partial charge < -0.3 is 4.42 Å². The normalized spacial score (nSPS) is 11.4. The second-order valence-electron chi connectivity index (χ2n) is 14.3. The van der Waals surface area contributed by atoms with Crippen molar-refractivity contribution in [2.75, 3.05) is 0 Å². The average Bonchev–Trinajstić information content (AvgIpc) is 3.89. The predicted octanol–water partition coefficient (Wildman–Crippen LogP) is 13.1. The van der Waals surface area contributed by atoms with E-state index in [4.69, 9.17) is 24.4 Å². The minimum Gasteiger partial charge on any atom is -0.456 e. The summed E-state index contributed by atoms with van der Waals surface area (Å²) in [7, 11) is 0. The number of para-hydroxylation sites is 3. The zero-order valence-corrected chi connectivity index (χ0v) is 31.2. The molecule has 0 aliphatic carbocycles. The maximum atomic E-state index is 6.64. The van der Waals surface area contributed by atoms with Crippen molar-refractivity contribution >= 4 is 33.0 Å². The standard InChI is InChI=1S/C52H33N5O/c1-4-15-34(16-5-1)36-29-31-37(32-30-36)49-54-50(39-20-12-19-38(33-39)35-17-6-2-7-18-35)56-51(55-49)41-23-13-27-45-47(41)48-42(24-14-28-46(48)58-45)52-53-43-25-10-11-26-44(43)57(52)40-21-8-3-9-22-40/h1-33H. The number of hydrogen-bond donors (Lipinski definition) is 0. The van der Waals surface area contributed by atoms with Crippen molar-refractivity contribution in [1.82, 2.24) is 24.5 Å². The molecule has 0 N–H and O–H groups in total.